The van der Waals surface area contributed by atoms with Crippen LogP contribution in [0.25, 0.3) is 0 Å². The van der Waals surface area contributed by atoms with E-state index in [0.29, 0.717) is 23.9 Å². The molecule has 0 amide bonds. The van der Waals surface area contributed by atoms with Crippen molar-refractivity contribution in [2.75, 3.05) is 59.0 Å². The minimum absolute atomic E-state index is 0.219. The fraction of sp³-hybridized carbons (Fsp3) is 1.00. The first-order valence-corrected chi connectivity index (χ1v) is 22.5. The second kappa shape index (κ2) is 35.4. The summed E-state index contributed by atoms with van der Waals surface area (Å²) in [5, 5.41) is 23.2. The predicted molar refractivity (Wildman–Crippen MR) is 227 cm³/mol. The zero-order chi connectivity index (χ0) is 38.8. The molecule has 4 aliphatic carbocycles. The van der Waals surface area contributed by atoms with Crippen LogP contribution in [0.15, 0.2) is 0 Å². The van der Waals surface area contributed by atoms with Crippen molar-refractivity contribution in [2.24, 2.45) is 57.6 Å². The SMILES string of the molecule is CC.CCC.CCC.C[C@]12CCCCC1CCC1C2CC[C@]2(C)C(CCCCNCCCCNCCCN)CCC12.NCCCO.NCCCO. The number of unbranched alkanes of at least 4 members (excludes halogenated alkanes) is 2. The van der Waals surface area contributed by atoms with Gasteiger partial charge in [0.2, 0.25) is 0 Å². The summed E-state index contributed by atoms with van der Waals surface area (Å²) in [6, 6.07) is 0. The molecule has 10 N–H and O–H groups in total. The van der Waals surface area contributed by atoms with Crippen LogP contribution >= 0.6 is 0 Å². The van der Waals surface area contributed by atoms with E-state index in [2.05, 4.69) is 52.2 Å². The summed E-state index contributed by atoms with van der Waals surface area (Å²) < 4.78 is 0. The van der Waals surface area contributed by atoms with Crippen LogP contribution in [0.5, 0.6) is 0 Å². The Hall–Kier alpha value is -0.280. The highest BCUT2D eigenvalue weighted by Gasteiger charge is 2.59. The smallest absolute Gasteiger partial charge is 0.0443 e. The molecule has 0 radical (unpaired) electrons. The van der Waals surface area contributed by atoms with Crippen molar-refractivity contribution < 1.29 is 10.2 Å². The first-order valence-electron chi connectivity index (χ1n) is 22.5. The Bertz CT molecular complexity index is 703. The van der Waals surface area contributed by atoms with Crippen molar-refractivity contribution in [3.8, 4) is 0 Å². The molecule has 0 bridgehead atoms. The Morgan fingerprint density at radius 3 is 1.53 bits per heavy atom. The van der Waals surface area contributed by atoms with Gasteiger partial charge in [-0.1, -0.05) is 87.5 Å². The highest BCUT2D eigenvalue weighted by Crippen LogP contribution is 2.67. The van der Waals surface area contributed by atoms with Gasteiger partial charge < -0.3 is 38.0 Å². The molecule has 0 spiro atoms. The van der Waals surface area contributed by atoms with E-state index in [1.54, 1.807) is 44.9 Å². The van der Waals surface area contributed by atoms with Crippen molar-refractivity contribution in [1.29, 1.82) is 0 Å². The van der Waals surface area contributed by atoms with Gasteiger partial charge >= 0.3 is 0 Å². The summed E-state index contributed by atoms with van der Waals surface area (Å²) in [6.45, 7) is 25.0. The van der Waals surface area contributed by atoms with Gasteiger partial charge in [-0.2, -0.15) is 0 Å². The molecule has 0 aromatic heterocycles. The highest BCUT2D eigenvalue weighted by molar-refractivity contribution is 5.08. The van der Waals surface area contributed by atoms with Gasteiger partial charge in [-0.15, -0.1) is 0 Å². The van der Waals surface area contributed by atoms with Gasteiger partial charge in [0.25, 0.3) is 0 Å². The van der Waals surface area contributed by atoms with E-state index in [0.717, 1.165) is 68.5 Å². The largest absolute Gasteiger partial charge is 0.396 e. The van der Waals surface area contributed by atoms with E-state index in [1.807, 2.05) is 13.8 Å². The third-order valence-corrected chi connectivity index (χ3v) is 12.2. The number of hydrogen-bond donors (Lipinski definition) is 7. The van der Waals surface area contributed by atoms with E-state index in [4.69, 9.17) is 27.4 Å². The minimum atomic E-state index is 0.219. The molecule has 0 aliphatic heterocycles. The molecule has 51 heavy (non-hydrogen) atoms. The number of nitrogens with one attached hydrogen (secondary N) is 2. The lowest BCUT2D eigenvalue weighted by Crippen LogP contribution is -2.52. The molecule has 7 atom stereocenters. The Balaban J connectivity index is 0. The second-order valence-electron chi connectivity index (χ2n) is 16.2. The van der Waals surface area contributed by atoms with Crippen LogP contribution in [0.3, 0.4) is 0 Å². The van der Waals surface area contributed by atoms with Gasteiger partial charge in [0, 0.05) is 13.2 Å². The first kappa shape index (κ1) is 52.8. The Kier molecular flexibility index (Phi) is 36.7. The van der Waals surface area contributed by atoms with E-state index in [9.17, 15) is 0 Å². The molecule has 0 aromatic rings. The number of hydrogen-bond acceptors (Lipinski definition) is 7. The molecule has 4 rings (SSSR count). The van der Waals surface area contributed by atoms with E-state index >= 15 is 0 Å². The van der Waals surface area contributed by atoms with Crippen molar-refractivity contribution in [3.05, 3.63) is 0 Å². The molecule has 0 saturated heterocycles. The molecule has 4 saturated carbocycles. The lowest BCUT2D eigenvalue weighted by molar-refractivity contribution is -0.111. The van der Waals surface area contributed by atoms with Crippen molar-refractivity contribution in [2.45, 2.75) is 184 Å². The molecular weight excluding hydrogens is 631 g/mol. The lowest BCUT2D eigenvalue weighted by atomic mass is 9.45. The number of fused-ring (bicyclic) bond motifs is 5. The van der Waals surface area contributed by atoms with Crippen LogP contribution in [-0.2, 0) is 0 Å². The summed E-state index contributed by atoms with van der Waals surface area (Å²) in [5.41, 5.74) is 16.9. The number of nitrogens with two attached hydrogens (primary N) is 3. The van der Waals surface area contributed by atoms with E-state index in [1.165, 1.54) is 77.3 Å². The maximum Gasteiger partial charge on any atom is 0.0443 e. The molecule has 7 nitrogen and oxygen atoms in total. The maximum absolute atomic E-state index is 7.99. The van der Waals surface area contributed by atoms with Crippen LogP contribution in [0.4, 0.5) is 0 Å². The molecule has 0 heterocycles. The monoisotopic (exact) mass is 728 g/mol. The van der Waals surface area contributed by atoms with Crippen molar-refractivity contribution in [1.82, 2.24) is 10.6 Å². The average Bonchev–Trinajstić information content (AvgIpc) is 3.47. The summed E-state index contributed by atoms with van der Waals surface area (Å²) in [5.74, 6) is 5.26. The topological polar surface area (TPSA) is 143 Å². The Morgan fingerprint density at radius 2 is 1.04 bits per heavy atom. The second-order valence-corrected chi connectivity index (χ2v) is 16.2. The number of rotatable bonds is 17. The van der Waals surface area contributed by atoms with Crippen LogP contribution in [0.2, 0.25) is 0 Å². The minimum Gasteiger partial charge on any atom is -0.396 e. The zero-order valence-corrected chi connectivity index (χ0v) is 36.0. The van der Waals surface area contributed by atoms with Gasteiger partial charge in [0.1, 0.15) is 0 Å². The quantitative estimate of drug-likeness (QED) is 0.0742. The number of aliphatic hydroxyl groups is 2. The third-order valence-electron chi connectivity index (χ3n) is 12.2. The zero-order valence-electron chi connectivity index (χ0n) is 36.0. The van der Waals surface area contributed by atoms with E-state index < -0.39 is 0 Å². The van der Waals surface area contributed by atoms with Gasteiger partial charge in [0.15, 0.2) is 0 Å². The van der Waals surface area contributed by atoms with Gasteiger partial charge in [0.05, 0.1) is 0 Å². The summed E-state index contributed by atoms with van der Waals surface area (Å²) in [7, 11) is 0. The number of aliphatic hydroxyl groups excluding tert-OH is 2. The van der Waals surface area contributed by atoms with Crippen molar-refractivity contribution in [3.63, 3.8) is 0 Å². The molecule has 310 valence electrons. The van der Waals surface area contributed by atoms with Crippen molar-refractivity contribution >= 4 is 0 Å². The third kappa shape index (κ3) is 20.8. The lowest BCUT2D eigenvalue weighted by Gasteiger charge is -2.60. The van der Waals surface area contributed by atoms with Gasteiger partial charge in [-0.3, -0.25) is 0 Å². The maximum atomic E-state index is 7.99. The standard InChI is InChI=1S/C30H57N3.2C3H9NO.2C3H8.C2H6/c1-29-17-5-3-10-24(29)12-14-26-27-15-13-25(30(27,2)18-16-28(26)29)11-4-6-20-32-21-7-8-22-33-23-9-19-31;2*4-2-1-3-5;2*1-3-2;1-2/h24-28,32-33H,3-23,31H2,1-2H3;2*5H,1-4H2;2*3H2,1-2H3;1-2H3/t24?,25?,26?,27?,28?,29-,30+;;;;;/m0...../s1. The molecule has 0 aromatic carbocycles. The summed E-state index contributed by atoms with van der Waals surface area (Å²) in [4.78, 5) is 0. The highest BCUT2D eigenvalue weighted by atomic mass is 16.3. The fourth-order valence-electron chi connectivity index (χ4n) is 9.68. The Morgan fingerprint density at radius 1 is 0.549 bits per heavy atom. The molecule has 4 aliphatic rings. The van der Waals surface area contributed by atoms with E-state index in [-0.39, 0.29) is 13.2 Å². The fourth-order valence-corrected chi connectivity index (χ4v) is 9.68. The van der Waals surface area contributed by atoms with Crippen LogP contribution in [0, 0.1) is 40.4 Å². The molecule has 4 fully saturated rings. The van der Waals surface area contributed by atoms with Crippen LogP contribution in [0.1, 0.15) is 184 Å². The van der Waals surface area contributed by atoms with Gasteiger partial charge in [-0.05, 0) is 183 Å². The normalized spacial score (nSPS) is 28.5. The molecule has 5 unspecified atom stereocenters. The van der Waals surface area contributed by atoms with Crippen LogP contribution in [-0.4, -0.2) is 69.2 Å². The first-order chi connectivity index (χ1) is 24.8. The summed E-state index contributed by atoms with van der Waals surface area (Å²) in [6.07, 6.45) is 27.4. The predicted octanol–water partition coefficient (Wildman–Crippen LogP) is 9.03. The molecular formula is C44H97N5O2. The average molecular weight is 728 g/mol. The summed E-state index contributed by atoms with van der Waals surface area (Å²) >= 11 is 0. The van der Waals surface area contributed by atoms with Crippen LogP contribution < -0.4 is 27.8 Å². The molecule has 7 heteroatoms. The Labute approximate surface area is 320 Å². The van der Waals surface area contributed by atoms with Gasteiger partial charge in [-0.25, -0.2) is 0 Å².